The maximum absolute atomic E-state index is 12.6. The van der Waals surface area contributed by atoms with E-state index in [9.17, 15) is 4.79 Å². The molecule has 5 nitrogen and oxygen atoms in total. The monoisotopic (exact) mass is 338 g/mol. The van der Waals surface area contributed by atoms with Crippen LogP contribution in [0.4, 0.5) is 0 Å². The minimum Gasteiger partial charge on any atom is -0.345 e. The molecular formula is C20H26N4O. The van der Waals surface area contributed by atoms with E-state index in [4.69, 9.17) is 0 Å². The third-order valence-corrected chi connectivity index (χ3v) is 4.50. The van der Waals surface area contributed by atoms with E-state index in [2.05, 4.69) is 29.1 Å². The summed E-state index contributed by atoms with van der Waals surface area (Å²) in [6.07, 6.45) is 0.842. The number of rotatable bonds is 6. The van der Waals surface area contributed by atoms with Crippen molar-refractivity contribution in [3.8, 4) is 0 Å². The Kier molecular flexibility index (Phi) is 4.93. The number of fused-ring (bicyclic) bond motifs is 1. The zero-order chi connectivity index (χ0) is 18.0. The molecule has 0 unspecified atom stereocenters. The van der Waals surface area contributed by atoms with Gasteiger partial charge in [-0.2, -0.15) is 0 Å². The number of hydrogen-bond acceptors (Lipinski definition) is 2. The smallest absolute Gasteiger partial charge is 0.240 e. The molecule has 0 bridgehead atoms. The van der Waals surface area contributed by atoms with Crippen LogP contribution in [0.3, 0.4) is 0 Å². The number of benzene rings is 1. The van der Waals surface area contributed by atoms with Gasteiger partial charge >= 0.3 is 0 Å². The molecule has 0 fully saturated rings. The number of H-pyrrole nitrogens is 1. The van der Waals surface area contributed by atoms with E-state index in [0.717, 1.165) is 34.7 Å². The molecule has 2 aromatic heterocycles. The van der Waals surface area contributed by atoms with Gasteiger partial charge in [0.2, 0.25) is 5.91 Å². The van der Waals surface area contributed by atoms with E-state index in [1.165, 1.54) is 0 Å². The summed E-state index contributed by atoms with van der Waals surface area (Å²) in [4.78, 5) is 20.7. The lowest BCUT2D eigenvalue weighted by Crippen LogP contribution is -2.33. The first-order valence-electron chi connectivity index (χ1n) is 8.80. The van der Waals surface area contributed by atoms with Crippen LogP contribution in [-0.2, 0) is 11.3 Å². The Morgan fingerprint density at radius 3 is 2.48 bits per heavy atom. The molecule has 1 amide bonds. The first kappa shape index (κ1) is 17.3. The summed E-state index contributed by atoms with van der Waals surface area (Å²) in [5.74, 6) is 1.28. The number of carbonyl (C=O) groups is 1. The van der Waals surface area contributed by atoms with Crippen molar-refractivity contribution < 1.29 is 4.79 Å². The van der Waals surface area contributed by atoms with Crippen molar-refractivity contribution >= 4 is 16.9 Å². The van der Waals surface area contributed by atoms with Crippen LogP contribution in [0, 0.1) is 19.8 Å². The van der Waals surface area contributed by atoms with Crippen LogP contribution in [0.25, 0.3) is 11.0 Å². The van der Waals surface area contributed by atoms with Crippen molar-refractivity contribution in [3.05, 3.63) is 53.6 Å². The topological polar surface area (TPSA) is 62.7 Å². The second-order valence-corrected chi connectivity index (χ2v) is 7.09. The van der Waals surface area contributed by atoms with Crippen molar-refractivity contribution in [2.75, 3.05) is 0 Å². The second kappa shape index (κ2) is 7.13. The average molecular weight is 338 g/mol. The van der Waals surface area contributed by atoms with Gasteiger partial charge in [-0.15, -0.1) is 0 Å². The summed E-state index contributed by atoms with van der Waals surface area (Å²) in [5.41, 5.74) is 4.11. The first-order valence-corrected chi connectivity index (χ1v) is 8.80. The van der Waals surface area contributed by atoms with E-state index in [1.54, 1.807) is 0 Å². The molecule has 5 heteroatoms. The lowest BCUT2D eigenvalue weighted by atomic mass is 10.0. The molecule has 0 spiro atoms. The van der Waals surface area contributed by atoms with Crippen LogP contribution in [0.2, 0.25) is 0 Å². The van der Waals surface area contributed by atoms with Gasteiger partial charge in [0.05, 0.1) is 17.1 Å². The van der Waals surface area contributed by atoms with Crippen LogP contribution < -0.4 is 5.32 Å². The molecule has 3 aromatic rings. The van der Waals surface area contributed by atoms with Crippen molar-refractivity contribution in [2.24, 2.45) is 5.92 Å². The number of nitrogens with one attached hydrogen (secondary N) is 2. The van der Waals surface area contributed by atoms with Crippen LogP contribution >= 0.6 is 0 Å². The van der Waals surface area contributed by atoms with Crippen molar-refractivity contribution in [2.45, 2.75) is 46.7 Å². The van der Waals surface area contributed by atoms with E-state index in [-0.39, 0.29) is 11.9 Å². The summed E-state index contributed by atoms with van der Waals surface area (Å²) >= 11 is 0. The molecule has 1 atom stereocenters. The summed E-state index contributed by atoms with van der Waals surface area (Å²) in [7, 11) is 0. The molecule has 0 saturated carbocycles. The molecule has 0 radical (unpaired) electrons. The Balaban J connectivity index is 1.79. The van der Waals surface area contributed by atoms with Gasteiger partial charge in [-0.25, -0.2) is 4.98 Å². The highest BCUT2D eigenvalue weighted by Gasteiger charge is 2.20. The molecule has 2 N–H and O–H groups in total. The number of aryl methyl sites for hydroxylation is 2. The van der Waals surface area contributed by atoms with Gasteiger partial charge in [-0.3, -0.25) is 4.79 Å². The van der Waals surface area contributed by atoms with Crippen LogP contribution in [0.15, 0.2) is 36.4 Å². The van der Waals surface area contributed by atoms with E-state index >= 15 is 0 Å². The quantitative estimate of drug-likeness (QED) is 0.716. The van der Waals surface area contributed by atoms with Crippen LogP contribution in [0.1, 0.15) is 43.5 Å². The minimum atomic E-state index is -0.115. The second-order valence-electron chi connectivity index (χ2n) is 7.09. The van der Waals surface area contributed by atoms with Crippen molar-refractivity contribution in [3.63, 3.8) is 0 Å². The van der Waals surface area contributed by atoms with Gasteiger partial charge in [0.25, 0.3) is 0 Å². The third-order valence-electron chi connectivity index (χ3n) is 4.50. The number of imidazole rings is 1. The molecule has 25 heavy (non-hydrogen) atoms. The predicted octanol–water partition coefficient (Wildman–Crippen LogP) is 3.88. The number of carbonyl (C=O) groups excluding carboxylic acids is 1. The average Bonchev–Trinajstić information content (AvgIpc) is 3.12. The van der Waals surface area contributed by atoms with Crippen molar-refractivity contribution in [1.29, 1.82) is 0 Å². The molecule has 0 saturated heterocycles. The molecule has 2 heterocycles. The predicted molar refractivity (Wildman–Crippen MR) is 100 cm³/mol. The standard InChI is InChI=1S/C20H26N4O/c1-13(2)11-18(20-22-16-7-5-6-8-17(16)23-20)21-19(25)12-24-14(3)9-10-15(24)4/h5-10,13,18H,11-12H2,1-4H3,(H,21,25)(H,22,23)/t18-/m1/s1. The normalized spacial score (nSPS) is 12.7. The van der Waals surface area contributed by atoms with E-state index < -0.39 is 0 Å². The molecule has 132 valence electrons. The SMILES string of the molecule is Cc1ccc(C)n1CC(=O)N[C@H](CC(C)C)c1nc2ccccc2[nH]1. The number of nitrogens with zero attached hydrogens (tertiary/aromatic N) is 2. The number of hydrogen-bond donors (Lipinski definition) is 2. The minimum absolute atomic E-state index is 0.00788. The molecular weight excluding hydrogens is 312 g/mol. The number of para-hydroxylation sites is 2. The fourth-order valence-electron chi connectivity index (χ4n) is 3.18. The van der Waals surface area contributed by atoms with Crippen molar-refractivity contribution in [1.82, 2.24) is 19.9 Å². The number of aromatic nitrogens is 3. The molecule has 0 aliphatic carbocycles. The summed E-state index contributed by atoms with van der Waals surface area (Å²) in [6, 6.07) is 11.9. The maximum atomic E-state index is 12.6. The molecule has 3 rings (SSSR count). The number of amides is 1. The Hall–Kier alpha value is -2.56. The van der Waals surface area contributed by atoms with Gasteiger partial charge in [-0.1, -0.05) is 26.0 Å². The molecule has 0 aliphatic rings. The molecule has 0 aliphatic heterocycles. The highest BCUT2D eigenvalue weighted by atomic mass is 16.2. The zero-order valence-corrected chi connectivity index (χ0v) is 15.3. The van der Waals surface area contributed by atoms with Crippen LogP contribution in [0.5, 0.6) is 0 Å². The van der Waals surface area contributed by atoms with Gasteiger partial charge in [0.1, 0.15) is 12.4 Å². The van der Waals surface area contributed by atoms with Gasteiger partial charge in [0, 0.05) is 11.4 Å². The maximum Gasteiger partial charge on any atom is 0.240 e. The first-order chi connectivity index (χ1) is 11.9. The largest absolute Gasteiger partial charge is 0.345 e. The fourth-order valence-corrected chi connectivity index (χ4v) is 3.18. The lowest BCUT2D eigenvalue weighted by Gasteiger charge is -2.19. The summed E-state index contributed by atoms with van der Waals surface area (Å²) in [5, 5.41) is 3.16. The summed E-state index contributed by atoms with van der Waals surface area (Å²) in [6.45, 7) is 8.68. The summed E-state index contributed by atoms with van der Waals surface area (Å²) < 4.78 is 2.03. The van der Waals surface area contributed by atoms with Crippen LogP contribution in [-0.4, -0.2) is 20.4 Å². The number of aromatic amines is 1. The highest BCUT2D eigenvalue weighted by Crippen LogP contribution is 2.22. The fraction of sp³-hybridized carbons (Fsp3) is 0.400. The zero-order valence-electron chi connectivity index (χ0n) is 15.3. The Labute approximate surface area is 148 Å². The highest BCUT2D eigenvalue weighted by molar-refractivity contribution is 5.77. The van der Waals surface area contributed by atoms with Gasteiger partial charge < -0.3 is 14.9 Å². The third kappa shape index (κ3) is 3.92. The Bertz CT molecular complexity index is 822. The molecule has 1 aromatic carbocycles. The Morgan fingerprint density at radius 2 is 1.84 bits per heavy atom. The van der Waals surface area contributed by atoms with Gasteiger partial charge in [0.15, 0.2) is 0 Å². The van der Waals surface area contributed by atoms with E-state index in [0.29, 0.717) is 12.5 Å². The Morgan fingerprint density at radius 1 is 1.16 bits per heavy atom. The van der Waals surface area contributed by atoms with E-state index in [1.807, 2.05) is 54.8 Å². The lowest BCUT2D eigenvalue weighted by molar-refractivity contribution is -0.122. The van der Waals surface area contributed by atoms with Gasteiger partial charge in [-0.05, 0) is 50.5 Å².